The Morgan fingerprint density at radius 3 is 2.31 bits per heavy atom. The van der Waals surface area contributed by atoms with Crippen LogP contribution in [0.2, 0.25) is 0 Å². The minimum Gasteiger partial charge on any atom is -0.366 e. The molecule has 0 saturated carbocycles. The van der Waals surface area contributed by atoms with Gasteiger partial charge in [0, 0.05) is 29.4 Å². The van der Waals surface area contributed by atoms with Crippen LogP contribution in [0.5, 0.6) is 0 Å². The molecular formula is C20H17N7O2. The van der Waals surface area contributed by atoms with Gasteiger partial charge < -0.3 is 21.4 Å². The number of carbonyl (C=O) groups excluding carboxylic acids is 2. The van der Waals surface area contributed by atoms with Crippen LogP contribution >= 0.6 is 0 Å². The van der Waals surface area contributed by atoms with Crippen LogP contribution in [0.1, 0.15) is 17.3 Å². The highest BCUT2D eigenvalue weighted by molar-refractivity contribution is 5.93. The second-order valence-electron chi connectivity index (χ2n) is 6.32. The predicted molar refractivity (Wildman–Crippen MR) is 110 cm³/mol. The second-order valence-corrected chi connectivity index (χ2v) is 6.32. The number of H-pyrrole nitrogens is 1. The fourth-order valence-corrected chi connectivity index (χ4v) is 2.81. The van der Waals surface area contributed by atoms with Gasteiger partial charge in [-0.25, -0.2) is 15.0 Å². The number of nitrogens with two attached hydrogens (primary N) is 1. The van der Waals surface area contributed by atoms with Gasteiger partial charge in [0.25, 0.3) is 0 Å². The molecule has 0 bridgehead atoms. The number of primary amides is 1. The van der Waals surface area contributed by atoms with E-state index in [0.29, 0.717) is 34.1 Å². The molecule has 29 heavy (non-hydrogen) atoms. The van der Waals surface area contributed by atoms with Crippen molar-refractivity contribution in [2.75, 3.05) is 10.6 Å². The smallest absolute Gasteiger partial charge is 0.248 e. The van der Waals surface area contributed by atoms with Crippen LogP contribution in [0.15, 0.2) is 54.9 Å². The highest BCUT2D eigenvalue weighted by atomic mass is 16.1. The van der Waals surface area contributed by atoms with Gasteiger partial charge in [-0.15, -0.1) is 0 Å². The van der Waals surface area contributed by atoms with Gasteiger partial charge in [0.2, 0.25) is 11.8 Å². The van der Waals surface area contributed by atoms with Crippen LogP contribution in [0.25, 0.3) is 22.6 Å². The summed E-state index contributed by atoms with van der Waals surface area (Å²) in [6, 6.07) is 14.0. The average molecular weight is 387 g/mol. The molecule has 0 atom stereocenters. The van der Waals surface area contributed by atoms with E-state index in [9.17, 15) is 9.59 Å². The summed E-state index contributed by atoms with van der Waals surface area (Å²) in [6.07, 6.45) is 1.55. The standard InChI is InChI=1S/C20H17N7O2/c1-11(28)24-14-6-8-15(9-7-14)25-20-16-19(23-10-22-16)26-18(27-20)13-4-2-12(3-5-13)17(21)29/h2-10H,1H3,(H2,21,29)(H,24,28)(H2,22,23,25,26,27). The molecule has 0 spiro atoms. The van der Waals surface area contributed by atoms with E-state index in [4.69, 9.17) is 5.73 Å². The largest absolute Gasteiger partial charge is 0.366 e. The lowest BCUT2D eigenvalue weighted by atomic mass is 10.1. The molecule has 0 radical (unpaired) electrons. The molecule has 5 N–H and O–H groups in total. The summed E-state index contributed by atoms with van der Waals surface area (Å²) < 4.78 is 0. The van der Waals surface area contributed by atoms with Gasteiger partial charge in [-0.3, -0.25) is 9.59 Å². The Bertz CT molecular complexity index is 1200. The molecule has 144 valence electrons. The lowest BCUT2D eigenvalue weighted by molar-refractivity contribution is -0.114. The van der Waals surface area contributed by atoms with E-state index in [0.717, 1.165) is 11.3 Å². The van der Waals surface area contributed by atoms with Gasteiger partial charge in [0.15, 0.2) is 17.3 Å². The summed E-state index contributed by atoms with van der Waals surface area (Å²) in [7, 11) is 0. The zero-order valence-electron chi connectivity index (χ0n) is 15.4. The number of amides is 2. The van der Waals surface area contributed by atoms with Crippen molar-refractivity contribution in [2.45, 2.75) is 6.92 Å². The molecule has 2 heterocycles. The van der Waals surface area contributed by atoms with E-state index in [1.54, 1.807) is 42.7 Å². The van der Waals surface area contributed by atoms with Crippen molar-refractivity contribution >= 4 is 40.2 Å². The van der Waals surface area contributed by atoms with Crippen molar-refractivity contribution in [3.63, 3.8) is 0 Å². The van der Waals surface area contributed by atoms with Crippen LogP contribution in [0.4, 0.5) is 17.2 Å². The molecule has 2 amide bonds. The number of nitrogens with one attached hydrogen (secondary N) is 3. The fraction of sp³-hybridized carbons (Fsp3) is 0.0500. The summed E-state index contributed by atoms with van der Waals surface area (Å²) >= 11 is 0. The number of hydrogen-bond donors (Lipinski definition) is 4. The molecule has 9 nitrogen and oxygen atoms in total. The Morgan fingerprint density at radius 1 is 0.966 bits per heavy atom. The van der Waals surface area contributed by atoms with Crippen LogP contribution < -0.4 is 16.4 Å². The Morgan fingerprint density at radius 2 is 1.66 bits per heavy atom. The maximum absolute atomic E-state index is 11.3. The number of rotatable bonds is 5. The van der Waals surface area contributed by atoms with Crippen LogP contribution in [-0.4, -0.2) is 31.8 Å². The summed E-state index contributed by atoms with van der Waals surface area (Å²) in [4.78, 5) is 38.8. The molecule has 0 aliphatic rings. The Kier molecular flexibility index (Phi) is 4.62. The fourth-order valence-electron chi connectivity index (χ4n) is 2.81. The predicted octanol–water partition coefficient (Wildman–Crippen LogP) is 2.82. The lowest BCUT2D eigenvalue weighted by Gasteiger charge is -2.10. The quantitative estimate of drug-likeness (QED) is 0.415. The van der Waals surface area contributed by atoms with Crippen molar-refractivity contribution in [1.29, 1.82) is 0 Å². The van der Waals surface area contributed by atoms with Gasteiger partial charge in [0.05, 0.1) is 6.33 Å². The van der Waals surface area contributed by atoms with Gasteiger partial charge in [0.1, 0.15) is 5.52 Å². The first-order chi connectivity index (χ1) is 14.0. The maximum atomic E-state index is 11.3. The zero-order chi connectivity index (χ0) is 20.4. The molecule has 0 saturated heterocycles. The number of carbonyl (C=O) groups is 2. The molecule has 9 heteroatoms. The van der Waals surface area contributed by atoms with Gasteiger partial charge >= 0.3 is 0 Å². The molecule has 0 fully saturated rings. The average Bonchev–Trinajstić information content (AvgIpc) is 3.18. The Hall–Kier alpha value is -4.27. The van der Waals surface area contributed by atoms with E-state index in [2.05, 4.69) is 30.6 Å². The molecule has 4 rings (SSSR count). The van der Waals surface area contributed by atoms with Gasteiger partial charge in [-0.05, 0) is 36.4 Å². The monoisotopic (exact) mass is 387 g/mol. The molecule has 2 aromatic carbocycles. The number of hydrogen-bond acceptors (Lipinski definition) is 6. The summed E-state index contributed by atoms with van der Waals surface area (Å²) in [6.45, 7) is 1.46. The van der Waals surface area contributed by atoms with Crippen molar-refractivity contribution in [3.05, 3.63) is 60.4 Å². The van der Waals surface area contributed by atoms with E-state index >= 15 is 0 Å². The molecular weight excluding hydrogens is 370 g/mol. The molecule has 2 aromatic heterocycles. The number of imidazole rings is 1. The molecule has 0 aliphatic carbocycles. The maximum Gasteiger partial charge on any atom is 0.248 e. The number of aromatic amines is 1. The first kappa shape index (κ1) is 18.1. The van der Waals surface area contributed by atoms with Gasteiger partial charge in [-0.2, -0.15) is 0 Å². The minimum absolute atomic E-state index is 0.132. The molecule has 4 aromatic rings. The Labute approximate surface area is 165 Å². The third-order valence-electron chi connectivity index (χ3n) is 4.18. The van der Waals surface area contributed by atoms with Crippen molar-refractivity contribution < 1.29 is 9.59 Å². The number of anilines is 3. The summed E-state index contributed by atoms with van der Waals surface area (Å²) in [5.41, 5.74) is 9.08. The molecule has 0 unspecified atom stereocenters. The van der Waals surface area contributed by atoms with Crippen molar-refractivity contribution in [2.24, 2.45) is 5.73 Å². The number of nitrogens with zero attached hydrogens (tertiary/aromatic N) is 3. The number of benzene rings is 2. The Balaban J connectivity index is 1.68. The SMILES string of the molecule is CC(=O)Nc1ccc(Nc2nc(-c3ccc(C(N)=O)cc3)nc3nc[nH]c23)cc1. The van der Waals surface area contributed by atoms with E-state index in [1.807, 2.05) is 12.1 Å². The third-order valence-corrected chi connectivity index (χ3v) is 4.18. The number of fused-ring (bicyclic) bond motifs is 1. The van der Waals surface area contributed by atoms with Crippen LogP contribution in [0, 0.1) is 0 Å². The highest BCUT2D eigenvalue weighted by Gasteiger charge is 2.12. The summed E-state index contributed by atoms with van der Waals surface area (Å²) in [5.74, 6) is 0.379. The topological polar surface area (TPSA) is 139 Å². The second kappa shape index (κ2) is 7.39. The third kappa shape index (κ3) is 3.88. The zero-order valence-corrected chi connectivity index (χ0v) is 15.4. The van der Waals surface area contributed by atoms with E-state index < -0.39 is 5.91 Å². The lowest BCUT2D eigenvalue weighted by Crippen LogP contribution is -2.10. The first-order valence-corrected chi connectivity index (χ1v) is 8.75. The van der Waals surface area contributed by atoms with E-state index in [1.165, 1.54) is 6.92 Å². The van der Waals surface area contributed by atoms with Gasteiger partial charge in [-0.1, -0.05) is 12.1 Å². The van der Waals surface area contributed by atoms with Crippen LogP contribution in [0.3, 0.4) is 0 Å². The van der Waals surface area contributed by atoms with Crippen molar-refractivity contribution in [3.8, 4) is 11.4 Å². The molecule has 0 aliphatic heterocycles. The first-order valence-electron chi connectivity index (χ1n) is 8.75. The number of aromatic nitrogens is 4. The van der Waals surface area contributed by atoms with Crippen LogP contribution in [-0.2, 0) is 4.79 Å². The summed E-state index contributed by atoms with van der Waals surface area (Å²) in [5, 5.41) is 5.97. The minimum atomic E-state index is -0.495. The van der Waals surface area contributed by atoms with Crippen molar-refractivity contribution in [1.82, 2.24) is 19.9 Å². The normalized spacial score (nSPS) is 10.7. The highest BCUT2D eigenvalue weighted by Crippen LogP contribution is 2.26. The van der Waals surface area contributed by atoms with E-state index in [-0.39, 0.29) is 5.91 Å².